The average Bonchev–Trinajstić information content (AvgIpc) is 2.69. The van der Waals surface area contributed by atoms with E-state index in [-0.39, 0.29) is 16.8 Å². The van der Waals surface area contributed by atoms with Crippen LogP contribution in [-0.4, -0.2) is 77.0 Å². The second kappa shape index (κ2) is 9.54. The Hall–Kier alpha value is -1.19. The fraction of sp³-hybridized carbons (Fsp3) is 0.632. The van der Waals surface area contributed by atoms with E-state index in [4.69, 9.17) is 11.6 Å². The Morgan fingerprint density at radius 2 is 1.86 bits per heavy atom. The van der Waals surface area contributed by atoms with Crippen LogP contribution in [0.3, 0.4) is 0 Å². The molecule has 2 aliphatic rings. The zero-order valence-electron chi connectivity index (χ0n) is 16.4. The van der Waals surface area contributed by atoms with Gasteiger partial charge in [-0.2, -0.15) is 4.31 Å². The van der Waals surface area contributed by atoms with Gasteiger partial charge in [0, 0.05) is 23.9 Å². The lowest BCUT2D eigenvalue weighted by atomic mass is 10.1. The molecule has 1 amide bonds. The van der Waals surface area contributed by atoms with E-state index in [0.29, 0.717) is 37.7 Å². The van der Waals surface area contributed by atoms with Gasteiger partial charge in [0.25, 0.3) is 5.91 Å². The molecule has 0 atom stereocenters. The Bertz CT molecular complexity index is 773. The number of carbonyl (C=O) groups excluding carboxylic acids is 1. The van der Waals surface area contributed by atoms with E-state index in [9.17, 15) is 13.2 Å². The summed E-state index contributed by atoms with van der Waals surface area (Å²) in [5.74, 6) is 0.0751. The summed E-state index contributed by atoms with van der Waals surface area (Å²) in [4.78, 5) is 15.3. The number of benzene rings is 1. The number of hydrogen-bond acceptors (Lipinski definition) is 3. The SMILES string of the molecule is CC[NH+]1CCC(NC(=O)C[NH+]2CCN(S(=O)(=O)c3cccc(Cl)c3)CC2)CC1. The summed E-state index contributed by atoms with van der Waals surface area (Å²) in [6.45, 7) is 8.08. The molecule has 0 unspecified atom stereocenters. The lowest BCUT2D eigenvalue weighted by Gasteiger charge is -2.32. The number of nitrogens with zero attached hydrogens (tertiary/aromatic N) is 1. The summed E-state index contributed by atoms with van der Waals surface area (Å²) in [5, 5.41) is 3.58. The van der Waals surface area contributed by atoms with Gasteiger partial charge in [-0.15, -0.1) is 0 Å². The Morgan fingerprint density at radius 3 is 2.46 bits per heavy atom. The predicted octanol–water partition coefficient (Wildman–Crippen LogP) is -1.59. The number of likely N-dealkylation sites (tertiary alicyclic amines) is 1. The number of quaternary nitrogens is 2. The first-order valence-corrected chi connectivity index (χ1v) is 11.9. The Labute approximate surface area is 172 Å². The predicted molar refractivity (Wildman–Crippen MR) is 108 cm³/mol. The molecule has 0 aromatic heterocycles. The van der Waals surface area contributed by atoms with Crippen LogP contribution >= 0.6 is 11.6 Å². The van der Waals surface area contributed by atoms with Crippen LogP contribution < -0.4 is 15.1 Å². The number of nitrogens with one attached hydrogen (secondary N) is 3. The van der Waals surface area contributed by atoms with Crippen molar-refractivity contribution in [2.24, 2.45) is 0 Å². The number of sulfonamides is 1. The number of carbonyl (C=O) groups is 1. The molecule has 9 heteroatoms. The molecule has 28 heavy (non-hydrogen) atoms. The lowest BCUT2D eigenvalue weighted by molar-refractivity contribution is -0.903. The van der Waals surface area contributed by atoms with Gasteiger partial charge in [0.2, 0.25) is 10.0 Å². The van der Waals surface area contributed by atoms with Crippen molar-refractivity contribution in [2.75, 3.05) is 52.4 Å². The molecule has 2 heterocycles. The summed E-state index contributed by atoms with van der Waals surface area (Å²) in [6, 6.07) is 6.64. The van der Waals surface area contributed by atoms with Gasteiger partial charge in [0.15, 0.2) is 6.54 Å². The highest BCUT2D eigenvalue weighted by atomic mass is 35.5. The maximum Gasteiger partial charge on any atom is 0.275 e. The van der Waals surface area contributed by atoms with E-state index in [2.05, 4.69) is 12.2 Å². The number of piperidine rings is 1. The van der Waals surface area contributed by atoms with Crippen molar-refractivity contribution in [1.29, 1.82) is 0 Å². The van der Waals surface area contributed by atoms with Crippen molar-refractivity contribution in [2.45, 2.75) is 30.7 Å². The molecule has 0 saturated carbocycles. The molecule has 7 nitrogen and oxygen atoms in total. The van der Waals surface area contributed by atoms with Crippen LogP contribution in [0.1, 0.15) is 19.8 Å². The van der Waals surface area contributed by atoms with Crippen LogP contribution in [0.2, 0.25) is 5.02 Å². The van der Waals surface area contributed by atoms with Crippen molar-refractivity contribution in [1.82, 2.24) is 9.62 Å². The maximum atomic E-state index is 12.8. The molecule has 2 saturated heterocycles. The highest BCUT2D eigenvalue weighted by molar-refractivity contribution is 7.89. The van der Waals surface area contributed by atoms with Crippen molar-refractivity contribution in [3.8, 4) is 0 Å². The number of hydrogen-bond donors (Lipinski definition) is 3. The molecule has 0 radical (unpaired) electrons. The number of piperazine rings is 1. The average molecular weight is 431 g/mol. The fourth-order valence-electron chi connectivity index (χ4n) is 4.03. The molecule has 3 N–H and O–H groups in total. The fourth-order valence-corrected chi connectivity index (χ4v) is 5.77. The van der Waals surface area contributed by atoms with Crippen LogP contribution in [-0.2, 0) is 14.8 Å². The highest BCUT2D eigenvalue weighted by Crippen LogP contribution is 2.19. The number of rotatable bonds is 6. The number of halogens is 1. The third-order valence-electron chi connectivity index (χ3n) is 5.83. The van der Waals surface area contributed by atoms with E-state index >= 15 is 0 Å². The van der Waals surface area contributed by atoms with Gasteiger partial charge in [-0.1, -0.05) is 17.7 Å². The Balaban J connectivity index is 1.46. The van der Waals surface area contributed by atoms with Crippen molar-refractivity contribution in [3.63, 3.8) is 0 Å². The van der Waals surface area contributed by atoms with Gasteiger partial charge in [-0.05, 0) is 25.1 Å². The molecule has 1 aromatic rings. The summed E-state index contributed by atoms with van der Waals surface area (Å²) in [6.07, 6.45) is 2.08. The van der Waals surface area contributed by atoms with Crippen LogP contribution in [0.5, 0.6) is 0 Å². The minimum atomic E-state index is -3.53. The Morgan fingerprint density at radius 1 is 1.18 bits per heavy atom. The summed E-state index contributed by atoms with van der Waals surface area (Å²) < 4.78 is 27.0. The number of amides is 1. The van der Waals surface area contributed by atoms with Crippen molar-refractivity contribution in [3.05, 3.63) is 29.3 Å². The Kier molecular flexibility index (Phi) is 7.33. The molecular formula is C19H31ClN4O3S+2. The van der Waals surface area contributed by atoms with Gasteiger partial charge in [0.05, 0.1) is 50.7 Å². The second-order valence-electron chi connectivity index (χ2n) is 7.73. The van der Waals surface area contributed by atoms with Gasteiger partial charge >= 0.3 is 0 Å². The van der Waals surface area contributed by atoms with Crippen LogP contribution in [0.25, 0.3) is 0 Å². The summed E-state index contributed by atoms with van der Waals surface area (Å²) in [7, 11) is -3.53. The van der Waals surface area contributed by atoms with E-state index in [1.807, 2.05) is 0 Å². The van der Waals surface area contributed by atoms with E-state index < -0.39 is 10.0 Å². The normalized spacial score (nSPS) is 24.8. The van der Waals surface area contributed by atoms with E-state index in [0.717, 1.165) is 37.4 Å². The third kappa shape index (κ3) is 5.45. The zero-order valence-corrected chi connectivity index (χ0v) is 18.0. The van der Waals surface area contributed by atoms with Gasteiger partial charge in [0.1, 0.15) is 0 Å². The molecule has 0 aliphatic carbocycles. The zero-order chi connectivity index (χ0) is 20.1. The van der Waals surface area contributed by atoms with Gasteiger partial charge in [-0.25, -0.2) is 8.42 Å². The molecule has 0 bridgehead atoms. The largest absolute Gasteiger partial charge is 0.348 e. The molecule has 2 fully saturated rings. The van der Waals surface area contributed by atoms with Crippen LogP contribution in [0, 0.1) is 0 Å². The minimum Gasteiger partial charge on any atom is -0.348 e. The van der Waals surface area contributed by atoms with Gasteiger partial charge < -0.3 is 15.1 Å². The third-order valence-corrected chi connectivity index (χ3v) is 7.96. The topological polar surface area (TPSA) is 75.4 Å². The molecule has 156 valence electrons. The van der Waals surface area contributed by atoms with Crippen LogP contribution in [0.15, 0.2) is 29.2 Å². The molecule has 3 rings (SSSR count). The smallest absolute Gasteiger partial charge is 0.275 e. The summed E-state index contributed by atoms with van der Waals surface area (Å²) >= 11 is 5.93. The highest BCUT2D eigenvalue weighted by Gasteiger charge is 2.32. The van der Waals surface area contributed by atoms with E-state index in [1.165, 1.54) is 10.4 Å². The molecule has 2 aliphatic heterocycles. The molecule has 0 spiro atoms. The lowest BCUT2D eigenvalue weighted by Crippen LogP contribution is -3.16. The molecule has 1 aromatic carbocycles. The van der Waals surface area contributed by atoms with Crippen molar-refractivity contribution < 1.29 is 23.0 Å². The maximum absolute atomic E-state index is 12.8. The van der Waals surface area contributed by atoms with Crippen LogP contribution in [0.4, 0.5) is 0 Å². The van der Waals surface area contributed by atoms with E-state index in [1.54, 1.807) is 23.1 Å². The molecular weight excluding hydrogens is 400 g/mol. The first kappa shape index (κ1) is 21.5. The minimum absolute atomic E-state index is 0.0751. The standard InChI is InChI=1S/C19H29ClN4O3S/c1-2-22-8-6-17(7-9-22)21-19(25)15-23-10-12-24(13-11-23)28(26,27)18-5-3-4-16(20)14-18/h3-5,14,17H,2,6-13,15H2,1H3,(H,21,25)/p+2. The summed E-state index contributed by atoms with van der Waals surface area (Å²) in [5.41, 5.74) is 0. The first-order valence-electron chi connectivity index (χ1n) is 10.1. The van der Waals surface area contributed by atoms with Gasteiger partial charge in [-0.3, -0.25) is 4.79 Å². The van der Waals surface area contributed by atoms with Crippen molar-refractivity contribution >= 4 is 27.5 Å². The first-order chi connectivity index (χ1) is 13.4. The monoisotopic (exact) mass is 430 g/mol. The second-order valence-corrected chi connectivity index (χ2v) is 10.1. The quantitative estimate of drug-likeness (QED) is 0.509.